The van der Waals surface area contributed by atoms with Gasteiger partial charge in [-0.3, -0.25) is 0 Å². The van der Waals surface area contributed by atoms with E-state index in [1.807, 2.05) is 12.1 Å². The number of rotatable bonds is 0. The molecule has 4 rings (SSSR count). The van der Waals surface area contributed by atoms with Crippen LogP contribution in [0.4, 0.5) is 0 Å². The quantitative estimate of drug-likeness (QED) is 0.604. The average molecular weight is 348 g/mol. The molecule has 0 amide bonds. The summed E-state index contributed by atoms with van der Waals surface area (Å²) in [4.78, 5) is 0. The van der Waals surface area contributed by atoms with Gasteiger partial charge in [-0.25, -0.2) is 0 Å². The highest BCUT2D eigenvalue weighted by molar-refractivity contribution is 9.11. The first-order valence-electron chi connectivity index (χ1n) is 6.65. The molecular weight excluding hydrogens is 336 g/mol. The molecule has 1 nitrogen and oxygen atoms in total. The van der Waals surface area contributed by atoms with Gasteiger partial charge in [0.25, 0.3) is 0 Å². The third-order valence-electron chi connectivity index (χ3n) is 3.93. The van der Waals surface area contributed by atoms with Gasteiger partial charge in [-0.1, -0.05) is 33.6 Å². The highest BCUT2D eigenvalue weighted by Crippen LogP contribution is 2.41. The molecule has 100 valence electrons. The molecule has 0 saturated heterocycles. The van der Waals surface area contributed by atoms with Crippen molar-refractivity contribution in [2.45, 2.75) is 19.4 Å². The van der Waals surface area contributed by atoms with Gasteiger partial charge in [0.1, 0.15) is 12.4 Å². The molecule has 1 heterocycles. The minimum atomic E-state index is 0.613. The topological polar surface area (TPSA) is 9.23 Å². The first kappa shape index (κ1) is 12.5. The molecule has 2 aromatic rings. The van der Waals surface area contributed by atoms with E-state index in [4.69, 9.17) is 16.3 Å². The van der Waals surface area contributed by atoms with Crippen molar-refractivity contribution in [2.75, 3.05) is 0 Å². The van der Waals surface area contributed by atoms with Crippen molar-refractivity contribution in [3.8, 4) is 16.9 Å². The molecule has 0 spiro atoms. The molecule has 0 radical (unpaired) electrons. The zero-order chi connectivity index (χ0) is 13.7. The largest absolute Gasteiger partial charge is 0.488 e. The number of benzene rings is 2. The Balaban J connectivity index is 1.92. The second-order valence-corrected chi connectivity index (χ2v) is 6.68. The minimum absolute atomic E-state index is 0.613. The van der Waals surface area contributed by atoms with Gasteiger partial charge in [0, 0.05) is 10.6 Å². The smallest absolute Gasteiger partial charge is 0.129 e. The van der Waals surface area contributed by atoms with Crippen molar-refractivity contribution >= 4 is 33.6 Å². The number of hydrogen-bond donors (Lipinski definition) is 0. The molecule has 0 N–H and O–H groups in total. The lowest BCUT2D eigenvalue weighted by Gasteiger charge is -2.24. The minimum Gasteiger partial charge on any atom is -0.488 e. The van der Waals surface area contributed by atoms with Crippen LogP contribution < -0.4 is 4.74 Å². The van der Waals surface area contributed by atoms with Gasteiger partial charge >= 0.3 is 0 Å². The number of hydrogen-bond acceptors (Lipinski definition) is 1. The molecule has 20 heavy (non-hydrogen) atoms. The fourth-order valence-corrected chi connectivity index (χ4v) is 3.52. The Morgan fingerprint density at radius 1 is 1.00 bits per heavy atom. The highest BCUT2D eigenvalue weighted by atomic mass is 79.9. The van der Waals surface area contributed by atoms with E-state index in [0.717, 1.165) is 29.2 Å². The van der Waals surface area contributed by atoms with E-state index in [0.29, 0.717) is 6.61 Å². The van der Waals surface area contributed by atoms with E-state index >= 15 is 0 Å². The Kier molecular flexibility index (Phi) is 2.90. The Bertz CT molecular complexity index is 749. The molecule has 1 aliphatic heterocycles. The van der Waals surface area contributed by atoms with E-state index < -0.39 is 0 Å². The van der Waals surface area contributed by atoms with Gasteiger partial charge in [0.05, 0.1) is 0 Å². The van der Waals surface area contributed by atoms with Gasteiger partial charge in [-0.05, 0) is 69.9 Å². The monoisotopic (exact) mass is 346 g/mol. The van der Waals surface area contributed by atoms with Crippen molar-refractivity contribution < 1.29 is 4.74 Å². The number of allylic oxidation sites excluding steroid dienone is 1. The molecule has 0 unspecified atom stereocenters. The number of halogens is 2. The summed E-state index contributed by atoms with van der Waals surface area (Å²) < 4.78 is 7.10. The molecule has 3 heteroatoms. The maximum absolute atomic E-state index is 6.04. The van der Waals surface area contributed by atoms with Gasteiger partial charge in [-0.2, -0.15) is 0 Å². The maximum atomic E-state index is 6.04. The Hall–Kier alpha value is -1.25. The second-order valence-electron chi connectivity index (χ2n) is 5.23. The summed E-state index contributed by atoms with van der Waals surface area (Å²) in [5.74, 6) is 0.887. The summed E-state index contributed by atoms with van der Waals surface area (Å²) in [6, 6.07) is 10.4. The summed E-state index contributed by atoms with van der Waals surface area (Å²) >= 11 is 9.65. The lowest BCUT2D eigenvalue weighted by Crippen LogP contribution is -2.08. The molecular formula is C17H12BrClO. The van der Waals surface area contributed by atoms with Crippen LogP contribution in [0.5, 0.6) is 5.75 Å². The zero-order valence-corrected chi connectivity index (χ0v) is 13.1. The molecule has 2 aliphatic rings. The van der Waals surface area contributed by atoms with E-state index in [-0.39, 0.29) is 0 Å². The summed E-state index contributed by atoms with van der Waals surface area (Å²) in [6.45, 7) is 0.613. The summed E-state index contributed by atoms with van der Waals surface area (Å²) in [6.07, 6.45) is 4.38. The fraction of sp³-hybridized carbons (Fsp3) is 0.176. The number of aryl methyl sites for hydroxylation is 1. The van der Waals surface area contributed by atoms with Crippen LogP contribution in [0.1, 0.15) is 23.1 Å². The lowest BCUT2D eigenvalue weighted by atomic mass is 9.88. The summed E-state index contributed by atoms with van der Waals surface area (Å²) in [7, 11) is 0. The Labute approximate surface area is 131 Å². The van der Waals surface area contributed by atoms with Crippen LogP contribution in [0.15, 0.2) is 34.8 Å². The Morgan fingerprint density at radius 2 is 1.90 bits per heavy atom. The average Bonchev–Trinajstić information content (AvgIpc) is 2.44. The van der Waals surface area contributed by atoms with E-state index in [1.54, 1.807) is 0 Å². The highest BCUT2D eigenvalue weighted by Gasteiger charge is 2.20. The SMILES string of the molecule is Clc1ccc2c(c1)OCc1cc3c(cc1-2)CCC(Br)=C3. The first-order chi connectivity index (χ1) is 9.70. The third kappa shape index (κ3) is 1.99. The molecule has 0 atom stereocenters. The van der Waals surface area contributed by atoms with Crippen LogP contribution in [0.2, 0.25) is 5.02 Å². The molecule has 0 fully saturated rings. The standard InChI is InChI=1S/C17H12BrClO/c18-13-2-1-10-7-16-12(5-11(10)6-13)9-20-17-8-14(19)3-4-15(16)17/h3-8H,1-2,9H2. The van der Waals surface area contributed by atoms with Crippen LogP contribution in [0.25, 0.3) is 17.2 Å². The predicted octanol–water partition coefficient (Wildman–Crippen LogP) is 5.58. The van der Waals surface area contributed by atoms with Crippen molar-refractivity contribution in [1.82, 2.24) is 0 Å². The van der Waals surface area contributed by atoms with Gasteiger partial charge in [0.2, 0.25) is 0 Å². The van der Waals surface area contributed by atoms with Gasteiger partial charge in [-0.15, -0.1) is 0 Å². The summed E-state index contributed by atoms with van der Waals surface area (Å²) in [5.41, 5.74) is 6.40. The molecule has 0 bridgehead atoms. The van der Waals surface area contributed by atoms with E-state index in [1.165, 1.54) is 26.7 Å². The van der Waals surface area contributed by atoms with Crippen LogP contribution in [0.3, 0.4) is 0 Å². The van der Waals surface area contributed by atoms with Crippen molar-refractivity contribution in [3.05, 3.63) is 56.5 Å². The van der Waals surface area contributed by atoms with E-state index in [9.17, 15) is 0 Å². The van der Waals surface area contributed by atoms with Crippen molar-refractivity contribution in [1.29, 1.82) is 0 Å². The molecule has 0 aromatic heterocycles. The second kappa shape index (κ2) is 4.64. The van der Waals surface area contributed by atoms with Crippen molar-refractivity contribution in [3.63, 3.8) is 0 Å². The maximum Gasteiger partial charge on any atom is 0.129 e. The van der Waals surface area contributed by atoms with E-state index in [2.05, 4.69) is 40.2 Å². The normalized spacial score (nSPS) is 15.6. The third-order valence-corrected chi connectivity index (χ3v) is 4.79. The number of fused-ring (bicyclic) bond motifs is 4. The fourth-order valence-electron chi connectivity index (χ4n) is 2.92. The van der Waals surface area contributed by atoms with Crippen LogP contribution in [0, 0.1) is 0 Å². The van der Waals surface area contributed by atoms with Crippen molar-refractivity contribution in [2.24, 2.45) is 0 Å². The summed E-state index contributed by atoms with van der Waals surface area (Å²) in [5, 5.41) is 0.719. The zero-order valence-electron chi connectivity index (χ0n) is 10.7. The predicted molar refractivity (Wildman–Crippen MR) is 86.4 cm³/mol. The van der Waals surface area contributed by atoms with Crippen LogP contribution in [-0.2, 0) is 13.0 Å². The molecule has 2 aromatic carbocycles. The van der Waals surface area contributed by atoms with Crippen LogP contribution in [-0.4, -0.2) is 0 Å². The lowest BCUT2D eigenvalue weighted by molar-refractivity contribution is 0.302. The Morgan fingerprint density at radius 3 is 2.80 bits per heavy atom. The van der Waals surface area contributed by atoms with Gasteiger partial charge < -0.3 is 4.74 Å². The molecule has 1 aliphatic carbocycles. The molecule has 0 saturated carbocycles. The van der Waals surface area contributed by atoms with Gasteiger partial charge in [0.15, 0.2) is 0 Å². The first-order valence-corrected chi connectivity index (χ1v) is 7.82. The number of ether oxygens (including phenoxy) is 1. The van der Waals surface area contributed by atoms with Crippen LogP contribution >= 0.6 is 27.5 Å².